The first-order valence-electron chi connectivity index (χ1n) is 8.86. The van der Waals surface area contributed by atoms with Crippen LogP contribution in [0.2, 0.25) is 0 Å². The maximum absolute atomic E-state index is 13.3. The number of ether oxygens (including phenoxy) is 1. The predicted octanol–water partition coefficient (Wildman–Crippen LogP) is 3.68. The van der Waals surface area contributed by atoms with E-state index >= 15 is 0 Å². The summed E-state index contributed by atoms with van der Waals surface area (Å²) in [6.45, 7) is 2.76. The third-order valence-electron chi connectivity index (χ3n) is 4.54. The lowest BCUT2D eigenvalue weighted by molar-refractivity contribution is 0.0680. The SMILES string of the molecule is CCOc1cccc(C(=O)N(Cc2cccc(Br)c2)C2CCS(=O)(=O)C2)c1. The second kappa shape index (κ2) is 8.44. The molecule has 144 valence electrons. The van der Waals surface area contributed by atoms with Crippen molar-refractivity contribution in [1.29, 1.82) is 0 Å². The quantitative estimate of drug-likeness (QED) is 0.671. The minimum absolute atomic E-state index is 0.0118. The van der Waals surface area contributed by atoms with E-state index in [-0.39, 0.29) is 23.5 Å². The van der Waals surface area contributed by atoms with E-state index in [0.717, 1.165) is 10.0 Å². The molecule has 0 N–H and O–H groups in total. The molecule has 1 unspecified atom stereocenters. The van der Waals surface area contributed by atoms with E-state index in [1.165, 1.54) is 0 Å². The highest BCUT2D eigenvalue weighted by Gasteiger charge is 2.35. The monoisotopic (exact) mass is 451 g/mol. The summed E-state index contributed by atoms with van der Waals surface area (Å²) in [5, 5.41) is 0. The zero-order chi connectivity index (χ0) is 19.4. The highest BCUT2D eigenvalue weighted by Crippen LogP contribution is 2.24. The van der Waals surface area contributed by atoms with Gasteiger partial charge in [0.25, 0.3) is 5.91 Å². The number of amides is 1. The Bertz CT molecular complexity index is 929. The molecule has 7 heteroatoms. The van der Waals surface area contributed by atoms with E-state index in [4.69, 9.17) is 4.74 Å². The minimum atomic E-state index is -3.10. The van der Waals surface area contributed by atoms with Crippen molar-refractivity contribution in [1.82, 2.24) is 4.90 Å². The summed E-state index contributed by atoms with van der Waals surface area (Å²) in [6.07, 6.45) is 0.466. The van der Waals surface area contributed by atoms with Crippen LogP contribution in [0.25, 0.3) is 0 Å². The summed E-state index contributed by atoms with van der Waals surface area (Å²) in [6, 6.07) is 14.4. The van der Waals surface area contributed by atoms with Gasteiger partial charge >= 0.3 is 0 Å². The van der Waals surface area contributed by atoms with Gasteiger partial charge in [-0.3, -0.25) is 4.79 Å². The van der Waals surface area contributed by atoms with Gasteiger partial charge in [-0.15, -0.1) is 0 Å². The zero-order valence-corrected chi connectivity index (χ0v) is 17.5. The minimum Gasteiger partial charge on any atom is -0.494 e. The van der Waals surface area contributed by atoms with Crippen LogP contribution < -0.4 is 4.74 Å². The first kappa shape index (κ1) is 19.9. The Balaban J connectivity index is 1.91. The predicted molar refractivity (Wildman–Crippen MR) is 109 cm³/mol. The normalized spacial score (nSPS) is 18.2. The van der Waals surface area contributed by atoms with E-state index < -0.39 is 9.84 Å². The molecular weight excluding hydrogens is 430 g/mol. The second-order valence-electron chi connectivity index (χ2n) is 6.58. The van der Waals surface area contributed by atoms with E-state index in [1.54, 1.807) is 29.2 Å². The number of halogens is 1. The van der Waals surface area contributed by atoms with Crippen molar-refractivity contribution < 1.29 is 17.9 Å². The molecule has 1 aliphatic rings. The number of benzene rings is 2. The van der Waals surface area contributed by atoms with Crippen molar-refractivity contribution in [3.63, 3.8) is 0 Å². The number of carbonyl (C=O) groups is 1. The van der Waals surface area contributed by atoms with Crippen molar-refractivity contribution in [2.75, 3.05) is 18.1 Å². The molecule has 2 aromatic carbocycles. The van der Waals surface area contributed by atoms with Gasteiger partial charge in [-0.1, -0.05) is 34.1 Å². The Kier molecular flexibility index (Phi) is 6.22. The average molecular weight is 452 g/mol. The van der Waals surface area contributed by atoms with Gasteiger partial charge in [0.1, 0.15) is 5.75 Å². The van der Waals surface area contributed by atoms with Crippen LogP contribution in [0.4, 0.5) is 0 Å². The van der Waals surface area contributed by atoms with Gasteiger partial charge in [-0.05, 0) is 49.2 Å². The molecule has 0 bridgehead atoms. The van der Waals surface area contributed by atoms with Crippen LogP contribution >= 0.6 is 15.9 Å². The van der Waals surface area contributed by atoms with Crippen molar-refractivity contribution >= 4 is 31.7 Å². The maximum Gasteiger partial charge on any atom is 0.254 e. The highest BCUT2D eigenvalue weighted by atomic mass is 79.9. The molecule has 0 aromatic heterocycles. The molecule has 1 atom stereocenters. The lowest BCUT2D eigenvalue weighted by Gasteiger charge is -2.29. The fourth-order valence-electron chi connectivity index (χ4n) is 3.27. The Morgan fingerprint density at radius 2 is 2.00 bits per heavy atom. The Morgan fingerprint density at radius 1 is 1.22 bits per heavy atom. The Labute approximate surface area is 168 Å². The summed E-state index contributed by atoms with van der Waals surface area (Å²) in [7, 11) is -3.10. The number of hydrogen-bond acceptors (Lipinski definition) is 4. The molecule has 1 heterocycles. The molecular formula is C20H22BrNO4S. The number of hydrogen-bond donors (Lipinski definition) is 0. The van der Waals surface area contributed by atoms with Gasteiger partial charge in [-0.25, -0.2) is 8.42 Å². The zero-order valence-electron chi connectivity index (χ0n) is 15.1. The van der Waals surface area contributed by atoms with E-state index in [9.17, 15) is 13.2 Å². The van der Waals surface area contributed by atoms with Crippen molar-refractivity contribution in [3.8, 4) is 5.75 Å². The van der Waals surface area contributed by atoms with Crippen LogP contribution in [-0.2, 0) is 16.4 Å². The van der Waals surface area contributed by atoms with E-state index in [2.05, 4.69) is 15.9 Å². The maximum atomic E-state index is 13.3. The smallest absolute Gasteiger partial charge is 0.254 e. The van der Waals surface area contributed by atoms with Gasteiger partial charge in [0.05, 0.1) is 18.1 Å². The van der Waals surface area contributed by atoms with Crippen LogP contribution in [0.5, 0.6) is 5.75 Å². The van der Waals surface area contributed by atoms with Crippen LogP contribution in [0, 0.1) is 0 Å². The molecule has 1 saturated heterocycles. The molecule has 3 rings (SSSR count). The standard InChI is InChI=1S/C20H22BrNO4S/c1-2-26-19-8-4-6-16(12-19)20(23)22(18-9-10-27(24,25)14-18)13-15-5-3-7-17(21)11-15/h3-8,11-12,18H,2,9-10,13-14H2,1H3. The van der Waals surface area contributed by atoms with E-state index in [0.29, 0.717) is 30.9 Å². The Morgan fingerprint density at radius 3 is 2.67 bits per heavy atom. The summed E-state index contributed by atoms with van der Waals surface area (Å²) >= 11 is 3.45. The molecule has 0 aliphatic carbocycles. The molecule has 2 aromatic rings. The first-order chi connectivity index (χ1) is 12.9. The van der Waals surface area contributed by atoms with Gasteiger partial charge in [0, 0.05) is 22.6 Å². The molecule has 0 radical (unpaired) electrons. The number of sulfone groups is 1. The fourth-order valence-corrected chi connectivity index (χ4v) is 5.45. The lowest BCUT2D eigenvalue weighted by atomic mass is 10.1. The largest absolute Gasteiger partial charge is 0.494 e. The van der Waals surface area contributed by atoms with Crippen LogP contribution in [0.15, 0.2) is 53.0 Å². The van der Waals surface area contributed by atoms with Gasteiger partial charge in [-0.2, -0.15) is 0 Å². The average Bonchev–Trinajstić information content (AvgIpc) is 2.99. The molecule has 0 spiro atoms. The Hall–Kier alpha value is -1.86. The number of rotatable bonds is 6. The van der Waals surface area contributed by atoms with Gasteiger partial charge in [0.15, 0.2) is 9.84 Å². The van der Waals surface area contributed by atoms with Crippen LogP contribution in [-0.4, -0.2) is 43.4 Å². The van der Waals surface area contributed by atoms with Crippen LogP contribution in [0.3, 0.4) is 0 Å². The summed E-state index contributed by atoms with van der Waals surface area (Å²) in [4.78, 5) is 14.9. The topological polar surface area (TPSA) is 63.7 Å². The van der Waals surface area contributed by atoms with Crippen molar-refractivity contribution in [2.24, 2.45) is 0 Å². The lowest BCUT2D eigenvalue weighted by Crippen LogP contribution is -2.40. The highest BCUT2D eigenvalue weighted by molar-refractivity contribution is 9.10. The third-order valence-corrected chi connectivity index (χ3v) is 6.79. The molecule has 27 heavy (non-hydrogen) atoms. The fraction of sp³-hybridized carbons (Fsp3) is 0.350. The van der Waals surface area contributed by atoms with Crippen molar-refractivity contribution in [3.05, 3.63) is 64.1 Å². The number of carbonyl (C=O) groups excluding carboxylic acids is 1. The molecule has 0 saturated carbocycles. The summed E-state index contributed by atoms with van der Waals surface area (Å²) < 4.78 is 30.4. The van der Waals surface area contributed by atoms with Gasteiger partial charge < -0.3 is 9.64 Å². The van der Waals surface area contributed by atoms with Crippen LogP contribution in [0.1, 0.15) is 29.3 Å². The molecule has 1 fully saturated rings. The van der Waals surface area contributed by atoms with E-state index in [1.807, 2.05) is 31.2 Å². The molecule has 1 aliphatic heterocycles. The summed E-state index contributed by atoms with van der Waals surface area (Å²) in [5.74, 6) is 0.583. The molecule has 5 nitrogen and oxygen atoms in total. The van der Waals surface area contributed by atoms with Crippen molar-refractivity contribution in [2.45, 2.75) is 25.9 Å². The third kappa shape index (κ3) is 5.11. The first-order valence-corrected chi connectivity index (χ1v) is 11.5. The number of nitrogens with zero attached hydrogens (tertiary/aromatic N) is 1. The molecule has 1 amide bonds. The second-order valence-corrected chi connectivity index (χ2v) is 9.73. The van der Waals surface area contributed by atoms with Gasteiger partial charge in [0.2, 0.25) is 0 Å². The summed E-state index contributed by atoms with van der Waals surface area (Å²) in [5.41, 5.74) is 1.45.